The smallest absolute Gasteiger partial charge is 0.116 e. The van der Waals surface area contributed by atoms with Gasteiger partial charge in [0.25, 0.3) is 0 Å². The maximum atomic E-state index is 5.99. The van der Waals surface area contributed by atoms with E-state index in [2.05, 4.69) is 12.1 Å². The van der Waals surface area contributed by atoms with Crippen LogP contribution in [0.15, 0.2) is 53.2 Å². The second-order valence-electron chi connectivity index (χ2n) is 4.65. The minimum absolute atomic E-state index is 0. The molecule has 3 nitrogen and oxygen atoms in total. The number of hydrogen-bond acceptors (Lipinski definition) is 3. The summed E-state index contributed by atoms with van der Waals surface area (Å²) in [5.74, 6) is 0. The third-order valence-corrected chi connectivity index (χ3v) is 3.35. The van der Waals surface area contributed by atoms with Crippen molar-refractivity contribution < 1.29 is 4.42 Å². The van der Waals surface area contributed by atoms with Crippen molar-refractivity contribution in [2.75, 3.05) is 11.9 Å². The number of fused-ring (bicyclic) bond motifs is 3. The van der Waals surface area contributed by atoms with E-state index in [1.807, 2.05) is 66.2 Å². The molecule has 0 amide bonds. The van der Waals surface area contributed by atoms with Crippen molar-refractivity contribution in [2.24, 2.45) is 0 Å². The fourth-order valence-electron chi connectivity index (χ4n) is 2.45. The van der Waals surface area contributed by atoms with Gasteiger partial charge in [-0.05, 0) is 25.5 Å². The molecule has 0 saturated carbocycles. The van der Waals surface area contributed by atoms with E-state index >= 15 is 0 Å². The maximum absolute atomic E-state index is 5.99. The van der Waals surface area contributed by atoms with Crippen LogP contribution in [-0.4, -0.2) is 11.9 Å². The minimum atomic E-state index is 0. The van der Waals surface area contributed by atoms with E-state index in [9.17, 15) is 0 Å². The summed E-state index contributed by atoms with van der Waals surface area (Å²) in [4.78, 5) is 4.01. The summed E-state index contributed by atoms with van der Waals surface area (Å²) in [7, 11) is 2.00. The van der Waals surface area contributed by atoms with Crippen LogP contribution >= 0.6 is 0 Å². The second-order valence-corrected chi connectivity index (χ2v) is 4.65. The number of para-hydroxylation sites is 1. The largest absolute Gasteiger partial charge is 0.514 e. The predicted octanol–water partition coefficient (Wildman–Crippen LogP) is 3.73. The molecule has 0 unspecified atom stereocenters. The molecule has 3 aromatic rings. The van der Waals surface area contributed by atoms with E-state index in [1.165, 1.54) is 0 Å². The zero-order chi connectivity index (χ0) is 12.8. The van der Waals surface area contributed by atoms with Crippen molar-refractivity contribution >= 4 is 27.6 Å². The summed E-state index contributed by atoms with van der Waals surface area (Å²) in [6.45, 7) is 2.00. The Bertz CT molecular complexity index is 793. The van der Waals surface area contributed by atoms with Crippen molar-refractivity contribution in [3.63, 3.8) is 0 Å². The van der Waals surface area contributed by atoms with Gasteiger partial charge in [0.05, 0.1) is 0 Å². The molecule has 0 bridgehead atoms. The molecule has 1 aliphatic rings. The third kappa shape index (κ3) is 1.48. The Morgan fingerprint density at radius 1 is 1.10 bits per heavy atom. The first kappa shape index (κ1) is 11.7. The number of rotatable bonds is 1. The van der Waals surface area contributed by atoms with Crippen LogP contribution in [0.25, 0.3) is 21.9 Å². The molecule has 1 aromatic heterocycles. The molecule has 4 rings (SSSR count). The van der Waals surface area contributed by atoms with Gasteiger partial charge in [-0.25, -0.2) is 0 Å². The van der Waals surface area contributed by atoms with Crippen molar-refractivity contribution in [3.05, 3.63) is 61.5 Å². The zero-order valence-corrected chi connectivity index (χ0v) is 12.9. The van der Waals surface area contributed by atoms with Gasteiger partial charge in [-0.1, -0.05) is 29.3 Å². The topological polar surface area (TPSA) is 19.6 Å². The van der Waals surface area contributed by atoms with Crippen LogP contribution in [0.2, 0.25) is 0 Å². The Kier molecular flexibility index (Phi) is 2.36. The van der Waals surface area contributed by atoms with Gasteiger partial charge in [0.1, 0.15) is 5.58 Å². The number of anilines is 1. The molecule has 0 aliphatic carbocycles. The summed E-state index contributed by atoms with van der Waals surface area (Å²) in [5, 5.41) is 2.27. The quantitative estimate of drug-likeness (QED) is 0.466. The van der Waals surface area contributed by atoms with E-state index in [-0.39, 0.29) is 0 Å². The fraction of sp³-hybridized carbons (Fsp3) is 0.0625. The molecule has 0 spiro atoms. The van der Waals surface area contributed by atoms with Crippen molar-refractivity contribution in [3.8, 4) is 0 Å². The van der Waals surface area contributed by atoms with E-state index in [1.54, 1.807) is 0 Å². The first-order valence-corrected chi connectivity index (χ1v) is 6.18. The van der Waals surface area contributed by atoms with Crippen molar-refractivity contribution in [1.29, 1.82) is 0 Å². The summed E-state index contributed by atoms with van der Waals surface area (Å²) in [6, 6.07) is 15.4. The summed E-state index contributed by atoms with van der Waals surface area (Å²) < 4.78 is 5.99. The average molecular weight is 510 g/mol. The molecule has 2 aromatic carbocycles. The Hall–Kier alpha value is -3.42. The molecular formula is C16H12LrN2O-2. The predicted molar refractivity (Wildman–Crippen MR) is 76.2 cm³/mol. The average Bonchev–Trinajstić information content (AvgIpc) is 3.02. The van der Waals surface area contributed by atoms with Gasteiger partial charge in [0, 0.05) is 11.0 Å². The van der Waals surface area contributed by atoms with Crippen LogP contribution < -0.4 is 4.90 Å². The van der Waals surface area contributed by atoms with Crippen LogP contribution in [0.1, 0.15) is 0 Å². The molecule has 109 valence electrons. The van der Waals surface area contributed by atoms with E-state index < -0.39 is 0 Å². The third-order valence-electron chi connectivity index (χ3n) is 3.35. The van der Waals surface area contributed by atoms with Crippen LogP contribution in [-0.2, 0) is 0 Å². The van der Waals surface area contributed by atoms with Crippen LogP contribution in [0, 0.1) is 12.7 Å². The minimum Gasteiger partial charge on any atom is -0.514 e. The van der Waals surface area contributed by atoms with Gasteiger partial charge in [-0.15, -0.1) is 0 Å². The number of benzene rings is 2. The van der Waals surface area contributed by atoms with Crippen LogP contribution in [0.3, 0.4) is 0 Å². The Morgan fingerprint density at radius 3 is 2.75 bits per heavy atom. The van der Waals surface area contributed by atoms with Gasteiger partial charge in [-0.2, -0.15) is 24.9 Å². The monoisotopic (exact) mass is 510 g/mol. The van der Waals surface area contributed by atoms with Gasteiger partial charge in [-0.3, -0.25) is 0 Å². The Morgan fingerprint density at radius 2 is 1.95 bits per heavy atom. The molecule has 0 saturated heterocycles. The first-order valence-electron chi connectivity index (χ1n) is 6.18. The molecule has 1 radical (unpaired) electrons. The molecule has 2 heterocycles. The molecule has 0 N–H and O–H groups in total. The van der Waals surface area contributed by atoms with Gasteiger partial charge >= 0.3 is 0 Å². The van der Waals surface area contributed by atoms with Crippen molar-refractivity contribution in [1.82, 2.24) is 4.90 Å². The van der Waals surface area contributed by atoms with E-state index in [0.29, 0.717) is 0 Å². The van der Waals surface area contributed by atoms with Crippen LogP contribution in [0.5, 0.6) is 0 Å². The molecule has 0 atom stereocenters. The first-order chi connectivity index (χ1) is 9.33. The number of furan rings is 1. The van der Waals surface area contributed by atoms with Gasteiger partial charge in [0.15, 0.2) is 0 Å². The zero-order valence-electron chi connectivity index (χ0n) is 10.8. The summed E-state index contributed by atoms with van der Waals surface area (Å²) >= 11 is 0. The van der Waals surface area contributed by atoms with Crippen molar-refractivity contribution in [2.45, 2.75) is 0 Å². The summed E-state index contributed by atoms with van der Waals surface area (Å²) in [6.07, 6.45) is 3.99. The molecule has 1 aliphatic heterocycles. The Balaban J connectivity index is 0.00000121. The maximum Gasteiger partial charge on any atom is 0.116 e. The fourth-order valence-corrected chi connectivity index (χ4v) is 2.45. The SMILES string of the molecule is CN1C=CN(c2[c-]ccc3c2oc2ccccc23)[CH-]1.[Lr]. The summed E-state index contributed by atoms with van der Waals surface area (Å²) in [5.41, 5.74) is 2.73. The van der Waals surface area contributed by atoms with Crippen LogP contribution in [0.4, 0.5) is 5.69 Å². The molecular weight excluding hydrogens is 498 g/mol. The van der Waals surface area contributed by atoms with E-state index in [0.717, 1.165) is 27.6 Å². The normalized spacial score (nSPS) is 14.2. The number of nitrogens with zero attached hydrogens (tertiary/aromatic N) is 2. The van der Waals surface area contributed by atoms with Gasteiger partial charge in [0.2, 0.25) is 0 Å². The number of hydrogen-bond donors (Lipinski definition) is 0. The van der Waals surface area contributed by atoms with Gasteiger partial charge < -0.3 is 14.2 Å². The second kappa shape index (κ2) is 4.05. The standard InChI is InChI=1S/C16H12N2O.Lr/c1-17-9-10-18(11-17)14-7-4-6-13-12-5-2-3-8-15(12)19-16(13)14;/h2-6,8-11H,1H3;/q-2;. The molecule has 0 fully saturated rings. The molecule has 20 heavy (non-hydrogen) atoms. The Labute approximate surface area is 111 Å². The molecule has 4 heteroatoms. The van der Waals surface area contributed by atoms with E-state index in [4.69, 9.17) is 4.42 Å².